The number of hydrogen-bond donors (Lipinski definition) is 1. The molecule has 16 heteroatoms. The summed E-state index contributed by atoms with van der Waals surface area (Å²) in [4.78, 5) is 49.4. The summed E-state index contributed by atoms with van der Waals surface area (Å²) in [6.45, 7) is 4.52. The molecule has 13 nitrogen and oxygen atoms in total. The van der Waals surface area contributed by atoms with Gasteiger partial charge in [-0.1, -0.05) is 13.8 Å². The molecule has 3 fully saturated rings. The number of carbonyl (C=O) groups is 4. The molecule has 0 aromatic rings. The number of alkyl halides is 2. The molecule has 1 N–H and O–H groups in total. The Hall–Kier alpha value is -2.43. The molecule has 3 heterocycles. The highest BCUT2D eigenvalue weighted by Gasteiger charge is 2.72. The van der Waals surface area contributed by atoms with Gasteiger partial charge < -0.3 is 28.4 Å². The van der Waals surface area contributed by atoms with E-state index in [0.717, 1.165) is 0 Å². The van der Waals surface area contributed by atoms with Crippen LogP contribution in [0, 0.1) is 11.8 Å². The maximum absolute atomic E-state index is 13.5. The zero-order chi connectivity index (χ0) is 27.7. The van der Waals surface area contributed by atoms with Crippen LogP contribution >= 0.6 is 0 Å². The number of fused-ring (bicyclic) bond motifs is 1. The van der Waals surface area contributed by atoms with Gasteiger partial charge in [-0.2, -0.15) is 17.2 Å². The lowest BCUT2D eigenvalue weighted by Crippen LogP contribution is -2.48. The van der Waals surface area contributed by atoms with E-state index in [1.807, 2.05) is 6.92 Å². The van der Waals surface area contributed by atoms with Crippen LogP contribution in [-0.2, 0) is 57.7 Å². The van der Waals surface area contributed by atoms with Crippen molar-refractivity contribution < 1.29 is 69.4 Å². The molecule has 3 aliphatic rings. The van der Waals surface area contributed by atoms with Crippen molar-refractivity contribution in [1.29, 1.82) is 0 Å². The van der Waals surface area contributed by atoms with Gasteiger partial charge in [0.05, 0.1) is 19.4 Å². The number of hydrogen-bond acceptors (Lipinski definition) is 12. The van der Waals surface area contributed by atoms with Crippen molar-refractivity contribution in [3.05, 3.63) is 0 Å². The summed E-state index contributed by atoms with van der Waals surface area (Å²) in [7, 11) is -5.84. The molecule has 8 atom stereocenters. The average molecular weight is 559 g/mol. The summed E-state index contributed by atoms with van der Waals surface area (Å²) < 4.78 is 88.4. The summed E-state index contributed by atoms with van der Waals surface area (Å²) in [5, 5.41) is -4.76. The summed E-state index contributed by atoms with van der Waals surface area (Å²) in [6.07, 6.45) is -7.84. The molecule has 8 unspecified atom stereocenters. The van der Waals surface area contributed by atoms with E-state index in [9.17, 15) is 36.4 Å². The lowest BCUT2D eigenvalue weighted by Gasteiger charge is -2.28. The van der Waals surface area contributed by atoms with Gasteiger partial charge in [-0.15, -0.1) is 0 Å². The van der Waals surface area contributed by atoms with Gasteiger partial charge in [0.1, 0.15) is 24.0 Å². The fourth-order valence-corrected chi connectivity index (χ4v) is 4.85. The van der Waals surface area contributed by atoms with Crippen molar-refractivity contribution in [2.24, 2.45) is 11.8 Å². The van der Waals surface area contributed by atoms with Crippen LogP contribution in [0.2, 0.25) is 0 Å². The van der Waals surface area contributed by atoms with Gasteiger partial charge in [0.15, 0.2) is 18.3 Å². The fourth-order valence-electron chi connectivity index (χ4n) is 4.38. The number of rotatable bonds is 13. The second kappa shape index (κ2) is 11.1. The molecule has 0 amide bonds. The van der Waals surface area contributed by atoms with Crippen LogP contribution in [0.4, 0.5) is 8.78 Å². The maximum Gasteiger partial charge on any atom is 0.405 e. The fraction of sp³-hybridized carbons (Fsp3) is 0.810. The van der Waals surface area contributed by atoms with E-state index in [0.29, 0.717) is 26.4 Å². The largest absolute Gasteiger partial charge is 0.455 e. The molecule has 0 aromatic carbocycles. The lowest BCUT2D eigenvalue weighted by atomic mass is 9.78. The van der Waals surface area contributed by atoms with E-state index in [2.05, 4.69) is 4.74 Å². The molecule has 0 radical (unpaired) electrons. The van der Waals surface area contributed by atoms with Crippen molar-refractivity contribution in [3.8, 4) is 0 Å². The quantitative estimate of drug-likeness (QED) is 0.145. The van der Waals surface area contributed by atoms with E-state index in [1.165, 1.54) is 0 Å². The summed E-state index contributed by atoms with van der Waals surface area (Å²) in [6, 6.07) is 0. The molecule has 0 spiro atoms. The third-order valence-electron chi connectivity index (χ3n) is 6.19. The van der Waals surface area contributed by atoms with Crippen LogP contribution in [-0.4, -0.2) is 85.5 Å². The van der Waals surface area contributed by atoms with Crippen molar-refractivity contribution in [2.75, 3.05) is 6.61 Å². The van der Waals surface area contributed by atoms with Gasteiger partial charge >= 0.3 is 39.2 Å². The maximum atomic E-state index is 13.5. The molecule has 0 saturated carbocycles. The molecule has 3 rings (SSSR count). The van der Waals surface area contributed by atoms with Gasteiger partial charge in [0.25, 0.3) is 0 Å². The van der Waals surface area contributed by atoms with Gasteiger partial charge in [-0.3, -0.25) is 23.7 Å². The molecule has 3 aliphatic heterocycles. The summed E-state index contributed by atoms with van der Waals surface area (Å²) in [5.41, 5.74) is 0. The Balaban J connectivity index is 1.58. The van der Waals surface area contributed by atoms with Gasteiger partial charge in [-0.05, 0) is 13.3 Å². The van der Waals surface area contributed by atoms with E-state index in [4.69, 9.17) is 28.2 Å². The Morgan fingerprint density at radius 2 is 1.73 bits per heavy atom. The molecule has 37 heavy (non-hydrogen) atoms. The first kappa shape index (κ1) is 29.1. The Morgan fingerprint density at radius 1 is 1.08 bits per heavy atom. The number of halogens is 2. The van der Waals surface area contributed by atoms with Gasteiger partial charge in [-0.25, -0.2) is 0 Å². The zero-order valence-electron chi connectivity index (χ0n) is 20.2. The molecule has 3 saturated heterocycles. The van der Waals surface area contributed by atoms with Crippen LogP contribution in [0.25, 0.3) is 0 Å². The van der Waals surface area contributed by atoms with Gasteiger partial charge in [0.2, 0.25) is 6.29 Å². The minimum absolute atomic E-state index is 0.349. The van der Waals surface area contributed by atoms with E-state index in [-0.39, 0.29) is 0 Å². The Kier molecular flexibility index (Phi) is 8.76. The number of carbonyl (C=O) groups excluding carboxylic acids is 4. The highest BCUT2D eigenvalue weighted by molar-refractivity contribution is 7.86. The minimum atomic E-state index is -5.84. The molecule has 2 bridgehead atoms. The summed E-state index contributed by atoms with van der Waals surface area (Å²) in [5.74, 6) is -5.93. The molecule has 0 aliphatic carbocycles. The monoisotopic (exact) mass is 558 g/mol. The van der Waals surface area contributed by atoms with Crippen LogP contribution in [0.5, 0.6) is 0 Å². The molecule has 210 valence electrons. The lowest BCUT2D eigenvalue weighted by molar-refractivity contribution is -0.189. The smallest absolute Gasteiger partial charge is 0.405 e. The Bertz CT molecular complexity index is 1020. The highest BCUT2D eigenvalue weighted by Crippen LogP contribution is 2.51. The second-order valence-electron chi connectivity index (χ2n) is 8.79. The topological polar surface area (TPSA) is 178 Å². The first-order valence-electron chi connectivity index (χ1n) is 11.6. The molecule has 0 aromatic heterocycles. The van der Waals surface area contributed by atoms with E-state index >= 15 is 0 Å². The third-order valence-corrected chi connectivity index (χ3v) is 7.21. The summed E-state index contributed by atoms with van der Waals surface area (Å²) >= 11 is 0. The van der Waals surface area contributed by atoms with Crippen molar-refractivity contribution in [1.82, 2.24) is 0 Å². The standard InChI is InChI=1S/C21H28F2O13S/c1-4-8-31-12(5-2)34-19(26)13-14-16-18(36-20(14)27)17(15(13)35-16)33-11(25)7-6-10(24)32-9(3)21(22,23)37(28,29)30/h9,12-18H,4-8H2,1-3H3,(H,28,29,30). The van der Waals surface area contributed by atoms with Crippen LogP contribution in [0.15, 0.2) is 0 Å². The molecular weight excluding hydrogens is 530 g/mol. The normalized spacial score (nSPS) is 29.9. The SMILES string of the molecule is CCCOC(CC)OC(=O)C1C2OC3C(OC(=O)C31)C2OC(=O)CCC(=O)OC(C)C(F)(F)S(=O)(=O)O. The minimum Gasteiger partial charge on any atom is -0.455 e. The van der Waals surface area contributed by atoms with Crippen molar-refractivity contribution >= 4 is 34.0 Å². The predicted molar refractivity (Wildman–Crippen MR) is 113 cm³/mol. The Labute approximate surface area is 210 Å². The predicted octanol–water partition coefficient (Wildman–Crippen LogP) is 0.735. The first-order chi connectivity index (χ1) is 17.2. The van der Waals surface area contributed by atoms with Gasteiger partial charge in [0, 0.05) is 6.42 Å². The van der Waals surface area contributed by atoms with E-state index < -0.39 is 101 Å². The van der Waals surface area contributed by atoms with Crippen LogP contribution in [0.3, 0.4) is 0 Å². The second-order valence-corrected chi connectivity index (χ2v) is 10.3. The highest BCUT2D eigenvalue weighted by atomic mass is 32.2. The zero-order valence-corrected chi connectivity index (χ0v) is 21.0. The average Bonchev–Trinajstić information content (AvgIpc) is 3.43. The first-order valence-corrected chi connectivity index (χ1v) is 13.1. The number of esters is 4. The molecular formula is C21H28F2O13S. The third kappa shape index (κ3) is 5.86. The van der Waals surface area contributed by atoms with Crippen molar-refractivity contribution in [3.63, 3.8) is 0 Å². The Morgan fingerprint density at radius 3 is 2.32 bits per heavy atom. The van der Waals surface area contributed by atoms with Crippen molar-refractivity contribution in [2.45, 2.75) is 88.5 Å². The van der Waals surface area contributed by atoms with Crippen LogP contribution in [0.1, 0.15) is 46.5 Å². The van der Waals surface area contributed by atoms with Crippen LogP contribution < -0.4 is 0 Å². The van der Waals surface area contributed by atoms with E-state index in [1.54, 1.807) is 6.92 Å². The number of ether oxygens (including phenoxy) is 6.